The molecule has 2 N–H and O–H groups in total. The van der Waals surface area contributed by atoms with Crippen molar-refractivity contribution in [3.05, 3.63) is 87.4 Å². The lowest BCUT2D eigenvalue weighted by Crippen LogP contribution is -2.25. The molecule has 8 heteroatoms. The summed E-state index contributed by atoms with van der Waals surface area (Å²) >= 11 is 5.91. The summed E-state index contributed by atoms with van der Waals surface area (Å²) in [5, 5.41) is 13.8. The molecule has 39 heavy (non-hydrogen) atoms. The highest BCUT2D eigenvalue weighted by Gasteiger charge is 2.15. The van der Waals surface area contributed by atoms with Gasteiger partial charge in [-0.25, -0.2) is 5.43 Å². The zero-order valence-corrected chi connectivity index (χ0v) is 23.5. The number of nitrogens with one attached hydrogen (secondary N) is 1. The van der Waals surface area contributed by atoms with Gasteiger partial charge in [0, 0.05) is 12.1 Å². The fourth-order valence-corrected chi connectivity index (χ4v) is 4.64. The molecule has 0 aromatic heterocycles. The molecule has 0 saturated carbocycles. The molecule has 4 rings (SSSR count). The second-order valence-corrected chi connectivity index (χ2v) is 10.5. The van der Waals surface area contributed by atoms with Crippen LogP contribution >= 0.6 is 11.6 Å². The van der Waals surface area contributed by atoms with Gasteiger partial charge in [-0.15, -0.1) is 0 Å². The Labute approximate surface area is 235 Å². The van der Waals surface area contributed by atoms with E-state index in [0.717, 1.165) is 36.3 Å². The number of aryl methyl sites for hydroxylation is 1. The summed E-state index contributed by atoms with van der Waals surface area (Å²) in [5.74, 6) is 1.31. The van der Waals surface area contributed by atoms with Gasteiger partial charge >= 0.3 is 0 Å². The van der Waals surface area contributed by atoms with Crippen molar-refractivity contribution in [2.24, 2.45) is 5.10 Å². The smallest absolute Gasteiger partial charge is 0.271 e. The molecule has 0 radical (unpaired) electrons. The Bertz CT molecular complexity index is 1300. The third-order valence-electron chi connectivity index (χ3n) is 6.75. The van der Waals surface area contributed by atoms with E-state index < -0.39 is 5.91 Å². The van der Waals surface area contributed by atoms with Gasteiger partial charge in [0.25, 0.3) is 5.91 Å². The molecule has 7 nitrogen and oxygen atoms in total. The topological polar surface area (TPSA) is 83.4 Å². The molecule has 3 aromatic rings. The van der Waals surface area contributed by atoms with Gasteiger partial charge in [0.05, 0.1) is 11.2 Å². The minimum absolute atomic E-state index is 0.0839. The molecule has 1 amide bonds. The molecule has 1 heterocycles. The van der Waals surface area contributed by atoms with Crippen molar-refractivity contribution in [1.29, 1.82) is 0 Å². The van der Waals surface area contributed by atoms with E-state index in [1.165, 1.54) is 36.6 Å². The molecular formula is C31H36ClN3O4. The third-order valence-corrected chi connectivity index (χ3v) is 7.05. The number of aromatic hydroxyl groups is 1. The van der Waals surface area contributed by atoms with Crippen molar-refractivity contribution in [2.75, 3.05) is 26.2 Å². The lowest BCUT2D eigenvalue weighted by atomic mass is 10.0. The van der Waals surface area contributed by atoms with E-state index in [2.05, 4.69) is 53.5 Å². The number of ether oxygens (including phenoxy) is 2. The van der Waals surface area contributed by atoms with Gasteiger partial charge in [-0.3, -0.25) is 9.69 Å². The molecule has 206 valence electrons. The summed E-state index contributed by atoms with van der Waals surface area (Å²) in [6, 6.07) is 16.5. The van der Waals surface area contributed by atoms with Gasteiger partial charge in [0.2, 0.25) is 0 Å². The predicted octanol–water partition coefficient (Wildman–Crippen LogP) is 6.29. The monoisotopic (exact) mass is 549 g/mol. The molecule has 0 spiro atoms. The first kappa shape index (κ1) is 28.5. The van der Waals surface area contributed by atoms with Crippen molar-refractivity contribution in [2.45, 2.75) is 46.1 Å². The normalized spacial score (nSPS) is 13.8. The fourth-order valence-electron chi connectivity index (χ4n) is 4.46. The summed E-state index contributed by atoms with van der Waals surface area (Å²) in [6.07, 6.45) is 4.03. The Morgan fingerprint density at radius 1 is 1.10 bits per heavy atom. The number of phenols is 1. The second kappa shape index (κ2) is 13.5. The van der Waals surface area contributed by atoms with Gasteiger partial charge in [0.15, 0.2) is 11.5 Å². The molecule has 0 unspecified atom stereocenters. The van der Waals surface area contributed by atoms with Crippen LogP contribution in [0.1, 0.15) is 65.2 Å². The number of rotatable bonds is 11. The maximum atomic E-state index is 12.4. The molecule has 1 fully saturated rings. The van der Waals surface area contributed by atoms with Crippen LogP contribution < -0.4 is 14.9 Å². The number of hydrogen-bond donors (Lipinski definition) is 2. The third kappa shape index (κ3) is 7.97. The molecule has 0 aliphatic carbocycles. The minimum Gasteiger partial charge on any atom is -0.506 e. The second-order valence-electron chi connectivity index (χ2n) is 10.1. The Kier molecular flexibility index (Phi) is 9.85. The van der Waals surface area contributed by atoms with Crippen LogP contribution in [0, 0.1) is 6.92 Å². The molecule has 1 saturated heterocycles. The number of benzene rings is 3. The van der Waals surface area contributed by atoms with Crippen LogP contribution in [0.15, 0.2) is 59.7 Å². The van der Waals surface area contributed by atoms with E-state index in [0.29, 0.717) is 36.2 Å². The first-order valence-corrected chi connectivity index (χ1v) is 13.7. The molecule has 0 atom stereocenters. The van der Waals surface area contributed by atoms with Crippen LogP contribution in [0.4, 0.5) is 0 Å². The summed E-state index contributed by atoms with van der Waals surface area (Å²) < 4.78 is 12.5. The van der Waals surface area contributed by atoms with Crippen LogP contribution in [-0.2, 0) is 6.61 Å². The van der Waals surface area contributed by atoms with Crippen molar-refractivity contribution < 1.29 is 19.4 Å². The van der Waals surface area contributed by atoms with Gasteiger partial charge in [-0.2, -0.15) is 5.10 Å². The lowest BCUT2D eigenvalue weighted by molar-refractivity contribution is 0.0955. The molecular weight excluding hydrogens is 514 g/mol. The standard InChI is InChI=1S/C31H36ClN3O4/c1-21(2)25-8-6-23(7-9-25)20-39-30-22(3)16-24(17-29(30)38-15-14-35-12-4-5-13-35)19-33-34-31(37)26-10-11-28(36)27(32)18-26/h6-11,16-19,21,36H,4-5,12-15,20H2,1-3H3,(H,34,37). The summed E-state index contributed by atoms with van der Waals surface area (Å²) in [5.41, 5.74) is 6.85. The van der Waals surface area contributed by atoms with Crippen LogP contribution in [-0.4, -0.2) is 48.4 Å². The number of carbonyl (C=O) groups is 1. The van der Waals surface area contributed by atoms with Gasteiger partial charge < -0.3 is 14.6 Å². The first-order chi connectivity index (χ1) is 18.8. The Hall–Kier alpha value is -3.55. The number of carbonyl (C=O) groups excluding carboxylic acids is 1. The fraction of sp³-hybridized carbons (Fsp3) is 0.355. The Morgan fingerprint density at radius 3 is 2.54 bits per heavy atom. The maximum absolute atomic E-state index is 12.4. The van der Waals surface area contributed by atoms with E-state index in [1.54, 1.807) is 6.21 Å². The van der Waals surface area contributed by atoms with E-state index in [4.69, 9.17) is 21.1 Å². The first-order valence-electron chi connectivity index (χ1n) is 13.3. The van der Waals surface area contributed by atoms with E-state index >= 15 is 0 Å². The number of phenolic OH excluding ortho intramolecular Hbond substituents is 1. The number of hydrogen-bond acceptors (Lipinski definition) is 6. The predicted molar refractivity (Wildman–Crippen MR) is 155 cm³/mol. The van der Waals surface area contributed by atoms with Crippen LogP contribution in [0.2, 0.25) is 5.02 Å². The van der Waals surface area contributed by atoms with Gasteiger partial charge in [-0.1, -0.05) is 49.7 Å². The maximum Gasteiger partial charge on any atom is 0.271 e. The summed E-state index contributed by atoms with van der Waals surface area (Å²) in [4.78, 5) is 14.8. The quantitative estimate of drug-likeness (QED) is 0.217. The average Bonchev–Trinajstić information content (AvgIpc) is 3.43. The number of nitrogens with zero attached hydrogens (tertiary/aromatic N) is 2. The van der Waals surface area contributed by atoms with Gasteiger partial charge in [-0.05, 0) is 91.4 Å². The molecule has 3 aromatic carbocycles. The largest absolute Gasteiger partial charge is 0.506 e. The zero-order chi connectivity index (χ0) is 27.8. The van der Waals surface area contributed by atoms with Crippen molar-refractivity contribution >= 4 is 23.7 Å². The van der Waals surface area contributed by atoms with Crippen molar-refractivity contribution in [1.82, 2.24) is 10.3 Å². The van der Waals surface area contributed by atoms with Crippen LogP contribution in [0.5, 0.6) is 17.2 Å². The van der Waals surface area contributed by atoms with Gasteiger partial charge in [0.1, 0.15) is 19.0 Å². The highest BCUT2D eigenvalue weighted by atomic mass is 35.5. The number of amides is 1. The minimum atomic E-state index is -0.435. The SMILES string of the molecule is Cc1cc(C=NNC(=O)c2ccc(O)c(Cl)c2)cc(OCCN2CCCC2)c1OCc1ccc(C(C)C)cc1. The summed E-state index contributed by atoms with van der Waals surface area (Å²) in [7, 11) is 0. The van der Waals surface area contributed by atoms with E-state index in [9.17, 15) is 9.90 Å². The summed E-state index contributed by atoms with van der Waals surface area (Å²) in [6.45, 7) is 10.4. The average molecular weight is 550 g/mol. The zero-order valence-electron chi connectivity index (χ0n) is 22.7. The van der Waals surface area contributed by atoms with E-state index in [-0.39, 0.29) is 10.8 Å². The van der Waals surface area contributed by atoms with E-state index in [1.807, 2.05) is 19.1 Å². The molecule has 1 aliphatic rings. The van der Waals surface area contributed by atoms with Crippen molar-refractivity contribution in [3.8, 4) is 17.2 Å². The highest BCUT2D eigenvalue weighted by Crippen LogP contribution is 2.33. The number of likely N-dealkylation sites (tertiary alicyclic amines) is 1. The van der Waals surface area contributed by atoms with Crippen LogP contribution in [0.3, 0.4) is 0 Å². The van der Waals surface area contributed by atoms with Crippen molar-refractivity contribution in [3.63, 3.8) is 0 Å². The Balaban J connectivity index is 1.47. The highest BCUT2D eigenvalue weighted by molar-refractivity contribution is 6.32. The number of hydrazone groups is 1. The molecule has 0 bridgehead atoms. The lowest BCUT2D eigenvalue weighted by Gasteiger charge is -2.19. The Morgan fingerprint density at radius 2 is 1.85 bits per heavy atom. The molecule has 1 aliphatic heterocycles. The van der Waals surface area contributed by atoms with Crippen LogP contribution in [0.25, 0.3) is 0 Å². The number of halogens is 1.